The maximum absolute atomic E-state index is 13.2. The zero-order valence-electron chi connectivity index (χ0n) is 15.3. The second-order valence-electron chi connectivity index (χ2n) is 6.70. The molecule has 5 nitrogen and oxygen atoms in total. The zero-order chi connectivity index (χ0) is 18.5. The Bertz CT molecular complexity index is 847. The van der Waals surface area contributed by atoms with Crippen molar-refractivity contribution in [3.8, 4) is 0 Å². The number of carbonyl (C=O) groups is 1. The predicted molar refractivity (Wildman–Crippen MR) is 106 cm³/mol. The van der Waals surface area contributed by atoms with Crippen molar-refractivity contribution in [2.45, 2.75) is 32.2 Å². The van der Waals surface area contributed by atoms with Crippen molar-refractivity contribution in [1.29, 1.82) is 0 Å². The molecule has 0 saturated carbocycles. The number of piperidine rings is 1. The third kappa shape index (κ3) is 5.17. The number of nitrogens with zero attached hydrogens (tertiary/aromatic N) is 1. The van der Waals surface area contributed by atoms with E-state index in [1.165, 1.54) is 12.1 Å². The van der Waals surface area contributed by atoms with Gasteiger partial charge in [-0.1, -0.05) is 12.1 Å². The van der Waals surface area contributed by atoms with Crippen molar-refractivity contribution in [2.24, 2.45) is 0 Å². The normalized spacial score (nSPS) is 14.4. The summed E-state index contributed by atoms with van der Waals surface area (Å²) >= 11 is 0. The Balaban J connectivity index is 0.00000261. The van der Waals surface area contributed by atoms with Gasteiger partial charge in [-0.05, 0) is 68.6 Å². The van der Waals surface area contributed by atoms with Crippen molar-refractivity contribution in [1.82, 2.24) is 15.2 Å². The van der Waals surface area contributed by atoms with E-state index in [1.54, 1.807) is 23.8 Å². The molecule has 1 saturated heterocycles. The van der Waals surface area contributed by atoms with E-state index in [9.17, 15) is 14.0 Å². The summed E-state index contributed by atoms with van der Waals surface area (Å²) in [5, 5.41) is 6.07. The van der Waals surface area contributed by atoms with Gasteiger partial charge in [0.05, 0.1) is 0 Å². The van der Waals surface area contributed by atoms with Crippen LogP contribution in [0.3, 0.4) is 0 Å². The van der Waals surface area contributed by atoms with Crippen molar-refractivity contribution < 1.29 is 9.18 Å². The summed E-state index contributed by atoms with van der Waals surface area (Å²) in [7, 11) is 0. The molecule has 0 unspecified atom stereocenters. The first-order valence-electron chi connectivity index (χ1n) is 9.01. The molecule has 146 valence electrons. The van der Waals surface area contributed by atoms with Crippen LogP contribution in [-0.2, 0) is 6.42 Å². The molecule has 7 heteroatoms. The lowest BCUT2D eigenvalue weighted by Crippen LogP contribution is -2.38. The fourth-order valence-corrected chi connectivity index (χ4v) is 3.39. The van der Waals surface area contributed by atoms with Crippen LogP contribution in [0.2, 0.25) is 0 Å². The summed E-state index contributed by atoms with van der Waals surface area (Å²) in [6, 6.07) is 8.25. The van der Waals surface area contributed by atoms with Gasteiger partial charge in [0.2, 0.25) is 0 Å². The van der Waals surface area contributed by atoms with Crippen LogP contribution in [0.15, 0.2) is 41.3 Å². The quantitative estimate of drug-likeness (QED) is 0.820. The molecule has 0 atom stereocenters. The van der Waals surface area contributed by atoms with Crippen molar-refractivity contribution in [3.05, 3.63) is 69.4 Å². The lowest BCUT2D eigenvalue weighted by Gasteiger charge is -2.25. The minimum absolute atomic E-state index is 0. The number of amides is 1. The van der Waals surface area contributed by atoms with E-state index in [0.29, 0.717) is 18.5 Å². The predicted octanol–water partition coefficient (Wildman–Crippen LogP) is 2.61. The Morgan fingerprint density at radius 3 is 2.74 bits per heavy atom. The summed E-state index contributed by atoms with van der Waals surface area (Å²) in [6.45, 7) is 3.87. The van der Waals surface area contributed by atoms with Gasteiger partial charge < -0.3 is 15.2 Å². The molecule has 0 bridgehead atoms. The second-order valence-corrected chi connectivity index (χ2v) is 6.70. The third-order valence-corrected chi connectivity index (χ3v) is 4.85. The van der Waals surface area contributed by atoms with Gasteiger partial charge in [-0.2, -0.15) is 0 Å². The molecule has 0 aliphatic carbocycles. The average molecular weight is 394 g/mol. The Morgan fingerprint density at radius 1 is 1.30 bits per heavy atom. The van der Waals surface area contributed by atoms with E-state index in [0.717, 1.165) is 31.5 Å². The molecule has 1 aromatic carbocycles. The highest BCUT2D eigenvalue weighted by atomic mass is 35.5. The van der Waals surface area contributed by atoms with Crippen LogP contribution in [-0.4, -0.2) is 30.1 Å². The van der Waals surface area contributed by atoms with E-state index < -0.39 is 0 Å². The zero-order valence-corrected chi connectivity index (χ0v) is 16.2. The largest absolute Gasteiger partial charge is 0.352 e. The molecular formula is C20H25ClFN3O2. The van der Waals surface area contributed by atoms with E-state index in [-0.39, 0.29) is 41.3 Å². The molecule has 2 aromatic rings. The molecule has 1 aliphatic rings. The van der Waals surface area contributed by atoms with E-state index in [1.807, 2.05) is 12.1 Å². The molecule has 1 aliphatic heterocycles. The Labute approximate surface area is 164 Å². The molecule has 2 heterocycles. The summed E-state index contributed by atoms with van der Waals surface area (Å²) in [5.41, 5.74) is 1.44. The molecule has 1 amide bonds. The SMILES string of the molecule is Cc1ccn(C2CCNCC2)c(=O)c1C(=O)NCCc1cccc(F)c1.Cl. The van der Waals surface area contributed by atoms with Crippen molar-refractivity contribution >= 4 is 18.3 Å². The van der Waals surface area contributed by atoms with Gasteiger partial charge >= 0.3 is 0 Å². The number of hydrogen-bond acceptors (Lipinski definition) is 3. The van der Waals surface area contributed by atoms with Crippen LogP contribution >= 0.6 is 12.4 Å². The fraction of sp³-hybridized carbons (Fsp3) is 0.400. The molecule has 3 rings (SSSR count). The average Bonchev–Trinajstić information content (AvgIpc) is 2.63. The molecule has 0 spiro atoms. The summed E-state index contributed by atoms with van der Waals surface area (Å²) < 4.78 is 14.9. The number of nitrogens with one attached hydrogen (secondary N) is 2. The van der Waals surface area contributed by atoms with Gasteiger partial charge in [-0.15, -0.1) is 12.4 Å². The van der Waals surface area contributed by atoms with Gasteiger partial charge in [0.25, 0.3) is 11.5 Å². The second kappa shape index (κ2) is 9.67. The Morgan fingerprint density at radius 2 is 2.04 bits per heavy atom. The topological polar surface area (TPSA) is 63.1 Å². The fourth-order valence-electron chi connectivity index (χ4n) is 3.39. The monoisotopic (exact) mass is 393 g/mol. The summed E-state index contributed by atoms with van der Waals surface area (Å²) in [5.74, 6) is -0.662. The summed E-state index contributed by atoms with van der Waals surface area (Å²) in [6.07, 6.45) is 4.06. The Kier molecular flexibility index (Phi) is 7.56. The number of aromatic nitrogens is 1. The minimum atomic E-state index is -0.368. The molecule has 1 aromatic heterocycles. The maximum Gasteiger partial charge on any atom is 0.263 e. The Hall–Kier alpha value is -2.18. The van der Waals surface area contributed by atoms with E-state index in [2.05, 4.69) is 10.6 Å². The molecule has 1 fully saturated rings. The van der Waals surface area contributed by atoms with Gasteiger partial charge in [-0.25, -0.2) is 4.39 Å². The molecule has 27 heavy (non-hydrogen) atoms. The first-order valence-corrected chi connectivity index (χ1v) is 9.01. The molecule has 0 radical (unpaired) electrons. The van der Waals surface area contributed by atoms with Crippen LogP contribution in [0.1, 0.15) is 40.4 Å². The minimum Gasteiger partial charge on any atom is -0.352 e. The van der Waals surface area contributed by atoms with Gasteiger partial charge in [0.15, 0.2) is 0 Å². The van der Waals surface area contributed by atoms with Gasteiger partial charge in [0, 0.05) is 18.8 Å². The number of aryl methyl sites for hydroxylation is 1. The first kappa shape index (κ1) is 21.1. The highest BCUT2D eigenvalue weighted by Gasteiger charge is 2.21. The number of carbonyl (C=O) groups excluding carboxylic acids is 1. The number of rotatable bonds is 5. The number of halogens is 2. The van der Waals surface area contributed by atoms with Gasteiger partial charge in [0.1, 0.15) is 11.4 Å². The first-order chi connectivity index (χ1) is 12.6. The number of pyridine rings is 1. The standard InChI is InChI=1S/C20H24FN3O2.ClH/c1-14-8-12-24(17-6-9-22-10-7-17)20(26)18(14)19(25)23-11-5-15-3-2-4-16(21)13-15;/h2-4,8,12-13,17,22H,5-7,9-11H2,1H3,(H,23,25);1H. The molecule has 2 N–H and O–H groups in total. The van der Waals surface area contributed by atoms with Crippen LogP contribution in [0, 0.1) is 12.7 Å². The van der Waals surface area contributed by atoms with Crippen LogP contribution < -0.4 is 16.2 Å². The lowest BCUT2D eigenvalue weighted by molar-refractivity contribution is 0.0951. The third-order valence-electron chi connectivity index (χ3n) is 4.85. The van der Waals surface area contributed by atoms with Crippen molar-refractivity contribution in [3.63, 3.8) is 0 Å². The maximum atomic E-state index is 13.2. The highest BCUT2D eigenvalue weighted by Crippen LogP contribution is 2.17. The summed E-state index contributed by atoms with van der Waals surface area (Å²) in [4.78, 5) is 25.4. The smallest absolute Gasteiger partial charge is 0.263 e. The molecular weight excluding hydrogens is 369 g/mol. The van der Waals surface area contributed by atoms with Crippen molar-refractivity contribution in [2.75, 3.05) is 19.6 Å². The lowest BCUT2D eigenvalue weighted by atomic mass is 10.0. The van der Waals surface area contributed by atoms with Crippen LogP contribution in [0.25, 0.3) is 0 Å². The van der Waals surface area contributed by atoms with Crippen LogP contribution in [0.4, 0.5) is 4.39 Å². The van der Waals surface area contributed by atoms with Gasteiger partial charge in [-0.3, -0.25) is 9.59 Å². The van der Waals surface area contributed by atoms with E-state index >= 15 is 0 Å². The van der Waals surface area contributed by atoms with E-state index in [4.69, 9.17) is 0 Å². The highest BCUT2D eigenvalue weighted by molar-refractivity contribution is 5.95. The number of benzene rings is 1. The van der Waals surface area contributed by atoms with Crippen LogP contribution in [0.5, 0.6) is 0 Å². The number of hydrogen-bond donors (Lipinski definition) is 2.